The maximum Gasteiger partial charge on any atom is 0.322 e. The molecule has 1 N–H and O–H groups in total. The standard InChI is InChI=1S/C18H27N3O5S/c1-4-21(5-2)27(23,24)14-7-8-16(25-3)15(11-14)19-17(22)20-12-18(13-20)9-6-10-26-18/h7-8,11H,4-6,9-10,12-13H2,1-3H3,(H,19,22). The number of carbonyl (C=O) groups is 1. The molecule has 0 aliphatic carbocycles. The number of nitrogens with zero attached hydrogens (tertiary/aromatic N) is 2. The van der Waals surface area contributed by atoms with Crippen molar-refractivity contribution in [3.8, 4) is 5.75 Å². The van der Waals surface area contributed by atoms with E-state index in [1.54, 1.807) is 24.8 Å². The van der Waals surface area contributed by atoms with Crippen molar-refractivity contribution in [1.82, 2.24) is 9.21 Å². The van der Waals surface area contributed by atoms with Crippen LogP contribution in [-0.2, 0) is 14.8 Å². The monoisotopic (exact) mass is 397 g/mol. The molecule has 3 rings (SSSR count). The molecule has 2 amide bonds. The summed E-state index contributed by atoms with van der Waals surface area (Å²) in [4.78, 5) is 14.3. The molecule has 2 aliphatic heterocycles. The molecule has 0 aromatic heterocycles. The Morgan fingerprint density at radius 3 is 2.59 bits per heavy atom. The van der Waals surface area contributed by atoms with Gasteiger partial charge >= 0.3 is 6.03 Å². The molecular formula is C18H27N3O5S. The van der Waals surface area contributed by atoms with Crippen LogP contribution in [0.2, 0.25) is 0 Å². The second kappa shape index (κ2) is 7.65. The van der Waals surface area contributed by atoms with E-state index in [0.717, 1.165) is 19.4 Å². The average Bonchev–Trinajstić information content (AvgIpc) is 3.11. The van der Waals surface area contributed by atoms with E-state index < -0.39 is 10.0 Å². The molecule has 0 radical (unpaired) electrons. The molecule has 1 aromatic carbocycles. The molecule has 0 saturated carbocycles. The summed E-state index contributed by atoms with van der Waals surface area (Å²) in [5.41, 5.74) is 0.152. The zero-order valence-corrected chi connectivity index (χ0v) is 16.8. The zero-order valence-electron chi connectivity index (χ0n) is 16.0. The first-order chi connectivity index (χ1) is 12.8. The second-order valence-corrected chi connectivity index (χ2v) is 8.81. The van der Waals surface area contributed by atoms with Crippen LogP contribution in [0.3, 0.4) is 0 Å². The number of urea groups is 1. The summed E-state index contributed by atoms with van der Waals surface area (Å²) in [7, 11) is -2.14. The molecule has 0 atom stereocenters. The van der Waals surface area contributed by atoms with Crippen molar-refractivity contribution < 1.29 is 22.7 Å². The summed E-state index contributed by atoms with van der Waals surface area (Å²) in [6.07, 6.45) is 1.99. The van der Waals surface area contributed by atoms with Crippen LogP contribution < -0.4 is 10.1 Å². The highest BCUT2D eigenvalue weighted by molar-refractivity contribution is 7.89. The van der Waals surface area contributed by atoms with Crippen LogP contribution in [0.25, 0.3) is 0 Å². The minimum atomic E-state index is -3.62. The number of rotatable bonds is 6. The number of hydrogen-bond donors (Lipinski definition) is 1. The first-order valence-corrected chi connectivity index (χ1v) is 10.7. The van der Waals surface area contributed by atoms with Gasteiger partial charge in [0.15, 0.2) is 0 Å². The quantitative estimate of drug-likeness (QED) is 0.794. The lowest BCUT2D eigenvalue weighted by Crippen LogP contribution is -2.63. The number of likely N-dealkylation sites (tertiary alicyclic amines) is 1. The van der Waals surface area contributed by atoms with Crippen LogP contribution in [0.5, 0.6) is 5.75 Å². The van der Waals surface area contributed by atoms with E-state index in [2.05, 4.69) is 5.32 Å². The fourth-order valence-electron chi connectivity index (χ4n) is 3.65. The summed E-state index contributed by atoms with van der Waals surface area (Å²) in [6, 6.07) is 4.22. The summed E-state index contributed by atoms with van der Waals surface area (Å²) in [5, 5.41) is 2.78. The lowest BCUT2D eigenvalue weighted by Gasteiger charge is -2.46. The first-order valence-electron chi connectivity index (χ1n) is 9.23. The molecule has 9 heteroatoms. The third-order valence-electron chi connectivity index (χ3n) is 5.19. The van der Waals surface area contributed by atoms with Crippen LogP contribution in [0.1, 0.15) is 26.7 Å². The Morgan fingerprint density at radius 2 is 2.04 bits per heavy atom. The molecule has 2 aliphatic rings. The predicted molar refractivity (Wildman–Crippen MR) is 102 cm³/mol. The Balaban J connectivity index is 1.77. The van der Waals surface area contributed by atoms with Gasteiger partial charge in [-0.25, -0.2) is 13.2 Å². The van der Waals surface area contributed by atoms with Gasteiger partial charge in [0.1, 0.15) is 11.4 Å². The molecule has 2 fully saturated rings. The van der Waals surface area contributed by atoms with E-state index in [9.17, 15) is 13.2 Å². The van der Waals surface area contributed by atoms with Crippen molar-refractivity contribution in [3.05, 3.63) is 18.2 Å². The van der Waals surface area contributed by atoms with Gasteiger partial charge in [-0.1, -0.05) is 13.8 Å². The van der Waals surface area contributed by atoms with Crippen molar-refractivity contribution in [1.29, 1.82) is 0 Å². The molecule has 2 saturated heterocycles. The van der Waals surface area contributed by atoms with Gasteiger partial charge in [-0.15, -0.1) is 0 Å². The number of amides is 2. The van der Waals surface area contributed by atoms with Crippen LogP contribution in [-0.4, -0.2) is 69.2 Å². The summed E-state index contributed by atoms with van der Waals surface area (Å²) in [6.45, 7) is 6.19. The van der Waals surface area contributed by atoms with E-state index >= 15 is 0 Å². The highest BCUT2D eigenvalue weighted by atomic mass is 32.2. The van der Waals surface area contributed by atoms with E-state index in [4.69, 9.17) is 9.47 Å². The number of hydrogen-bond acceptors (Lipinski definition) is 5. The Bertz CT molecular complexity index is 793. The van der Waals surface area contributed by atoms with Crippen molar-refractivity contribution >= 4 is 21.7 Å². The van der Waals surface area contributed by atoms with Crippen molar-refractivity contribution in [2.24, 2.45) is 0 Å². The largest absolute Gasteiger partial charge is 0.495 e. The van der Waals surface area contributed by atoms with Gasteiger partial charge in [0.25, 0.3) is 0 Å². The Kier molecular flexibility index (Phi) is 5.64. The van der Waals surface area contributed by atoms with Gasteiger partial charge in [-0.2, -0.15) is 4.31 Å². The Hall–Kier alpha value is -1.84. The normalized spacial score (nSPS) is 18.6. The van der Waals surface area contributed by atoms with Gasteiger partial charge in [-0.05, 0) is 31.0 Å². The molecule has 150 valence electrons. The van der Waals surface area contributed by atoms with Gasteiger partial charge in [0, 0.05) is 19.7 Å². The van der Waals surface area contributed by atoms with Crippen LogP contribution >= 0.6 is 0 Å². The molecule has 8 nitrogen and oxygen atoms in total. The molecule has 27 heavy (non-hydrogen) atoms. The van der Waals surface area contributed by atoms with Crippen molar-refractivity contribution in [2.75, 3.05) is 45.2 Å². The van der Waals surface area contributed by atoms with Crippen molar-refractivity contribution in [3.63, 3.8) is 0 Å². The van der Waals surface area contributed by atoms with Crippen LogP contribution in [0, 0.1) is 0 Å². The highest BCUT2D eigenvalue weighted by Gasteiger charge is 2.48. The Morgan fingerprint density at radius 1 is 1.33 bits per heavy atom. The van der Waals surface area contributed by atoms with Gasteiger partial charge in [0.2, 0.25) is 10.0 Å². The zero-order chi connectivity index (χ0) is 19.7. The van der Waals surface area contributed by atoms with Crippen molar-refractivity contribution in [2.45, 2.75) is 37.2 Å². The van der Waals surface area contributed by atoms with E-state index in [1.165, 1.54) is 23.5 Å². The maximum atomic E-state index is 12.7. The summed E-state index contributed by atoms with van der Waals surface area (Å²) in [5.74, 6) is 0.411. The molecule has 0 bridgehead atoms. The fourth-order valence-corrected chi connectivity index (χ4v) is 5.13. The highest BCUT2D eigenvalue weighted by Crippen LogP contribution is 2.36. The van der Waals surface area contributed by atoms with Crippen LogP contribution in [0.4, 0.5) is 10.5 Å². The second-order valence-electron chi connectivity index (χ2n) is 6.87. The van der Waals surface area contributed by atoms with E-state index in [0.29, 0.717) is 37.6 Å². The van der Waals surface area contributed by atoms with E-state index in [-0.39, 0.29) is 16.5 Å². The predicted octanol–water partition coefficient (Wildman–Crippen LogP) is 2.12. The number of nitrogens with one attached hydrogen (secondary N) is 1. The third kappa shape index (κ3) is 3.76. The molecule has 1 spiro atoms. The van der Waals surface area contributed by atoms with E-state index in [1.807, 2.05) is 0 Å². The Labute approximate surface area is 160 Å². The molecule has 1 aromatic rings. The number of benzene rings is 1. The average molecular weight is 397 g/mol. The van der Waals surface area contributed by atoms with Gasteiger partial charge in [-0.3, -0.25) is 0 Å². The summed E-state index contributed by atoms with van der Waals surface area (Å²) >= 11 is 0. The summed E-state index contributed by atoms with van der Waals surface area (Å²) < 4.78 is 37.9. The number of anilines is 1. The lowest BCUT2D eigenvalue weighted by atomic mass is 9.91. The molecule has 0 unspecified atom stereocenters. The van der Waals surface area contributed by atoms with Crippen LogP contribution in [0.15, 0.2) is 23.1 Å². The van der Waals surface area contributed by atoms with Gasteiger partial charge < -0.3 is 19.7 Å². The molecular weight excluding hydrogens is 370 g/mol. The fraction of sp³-hybridized carbons (Fsp3) is 0.611. The maximum absolute atomic E-state index is 12.7. The third-order valence-corrected chi connectivity index (χ3v) is 7.23. The minimum Gasteiger partial charge on any atom is -0.495 e. The first kappa shape index (κ1) is 19.9. The smallest absolute Gasteiger partial charge is 0.322 e. The topological polar surface area (TPSA) is 88.2 Å². The number of methoxy groups -OCH3 is 1. The lowest BCUT2D eigenvalue weighted by molar-refractivity contribution is -0.0893. The number of ether oxygens (including phenoxy) is 2. The number of carbonyl (C=O) groups excluding carboxylic acids is 1. The minimum absolute atomic E-state index is 0.126. The number of sulfonamides is 1. The SMILES string of the molecule is CCN(CC)S(=O)(=O)c1ccc(OC)c(NC(=O)N2CC3(CCCO3)C2)c1. The van der Waals surface area contributed by atoms with Gasteiger partial charge in [0.05, 0.1) is 30.8 Å². The molecule has 2 heterocycles.